The minimum Gasteiger partial charge on any atom is -0.480 e. The lowest BCUT2D eigenvalue weighted by Gasteiger charge is -2.28. The van der Waals surface area contributed by atoms with Crippen molar-refractivity contribution in [3.8, 4) is 0 Å². The molecule has 1 fully saturated rings. The number of nitrogens with one attached hydrogen (secondary N) is 3. The van der Waals surface area contributed by atoms with Crippen LogP contribution in [0.2, 0.25) is 0 Å². The molecule has 0 spiro atoms. The fourth-order valence-electron chi connectivity index (χ4n) is 1.86. The number of carbonyl (C=O) groups excluding carboxylic acids is 2. The molecule has 0 radical (unpaired) electrons. The van der Waals surface area contributed by atoms with Gasteiger partial charge in [-0.2, -0.15) is 0 Å². The molecular weight excluding hydrogens is 262 g/mol. The van der Waals surface area contributed by atoms with Crippen LogP contribution in [0, 0.1) is 0 Å². The van der Waals surface area contributed by atoms with Crippen molar-refractivity contribution in [3.05, 3.63) is 0 Å². The van der Waals surface area contributed by atoms with E-state index < -0.39 is 17.5 Å². The summed E-state index contributed by atoms with van der Waals surface area (Å²) in [7, 11) is 0. The number of urea groups is 1. The Bertz CT molecular complexity index is 376. The molecule has 0 aliphatic heterocycles. The molecule has 0 atom stereocenters. The topological polar surface area (TPSA) is 108 Å². The van der Waals surface area contributed by atoms with Gasteiger partial charge in [0.25, 0.3) is 0 Å². The Morgan fingerprint density at radius 3 is 2.25 bits per heavy atom. The third-order valence-corrected chi connectivity index (χ3v) is 3.55. The maximum Gasteiger partial charge on any atom is 0.329 e. The van der Waals surface area contributed by atoms with Crippen LogP contribution in [0.3, 0.4) is 0 Å². The summed E-state index contributed by atoms with van der Waals surface area (Å²) >= 11 is 0. The van der Waals surface area contributed by atoms with Crippen LogP contribution < -0.4 is 16.0 Å². The zero-order chi connectivity index (χ0) is 15.2. The molecule has 4 N–H and O–H groups in total. The molecule has 0 saturated heterocycles. The van der Waals surface area contributed by atoms with Crippen LogP contribution in [-0.2, 0) is 9.59 Å². The molecular formula is C13H23N3O4. The zero-order valence-corrected chi connectivity index (χ0v) is 12.0. The van der Waals surface area contributed by atoms with E-state index in [-0.39, 0.29) is 18.9 Å². The van der Waals surface area contributed by atoms with E-state index in [1.54, 1.807) is 13.8 Å². The first-order chi connectivity index (χ1) is 9.43. The second kappa shape index (κ2) is 7.12. The quantitative estimate of drug-likeness (QED) is 0.523. The van der Waals surface area contributed by atoms with Gasteiger partial charge in [0.05, 0.1) is 0 Å². The van der Waals surface area contributed by atoms with Gasteiger partial charge < -0.3 is 21.1 Å². The molecule has 114 valence electrons. The van der Waals surface area contributed by atoms with E-state index in [0.29, 0.717) is 18.9 Å². The van der Waals surface area contributed by atoms with E-state index in [1.165, 1.54) is 0 Å². The molecule has 7 heteroatoms. The summed E-state index contributed by atoms with van der Waals surface area (Å²) < 4.78 is 0. The van der Waals surface area contributed by atoms with E-state index in [0.717, 1.165) is 12.8 Å². The maximum absolute atomic E-state index is 11.7. The highest BCUT2D eigenvalue weighted by Gasteiger charge is 2.36. The van der Waals surface area contributed by atoms with Crippen molar-refractivity contribution < 1.29 is 19.5 Å². The standard InChI is InChI=1S/C13H23N3O4/c1-3-13(4-2,11(18)19)16-12(20)14-8-7-10(17)15-9-5-6-9/h9H,3-8H2,1-2H3,(H,15,17)(H,18,19)(H2,14,16,20). The molecule has 0 unspecified atom stereocenters. The van der Waals surface area contributed by atoms with Gasteiger partial charge in [0.2, 0.25) is 5.91 Å². The Hall–Kier alpha value is -1.79. The number of aliphatic carboxylic acids is 1. The van der Waals surface area contributed by atoms with Crippen LogP contribution in [0.4, 0.5) is 4.79 Å². The van der Waals surface area contributed by atoms with Crippen molar-refractivity contribution in [1.29, 1.82) is 0 Å². The van der Waals surface area contributed by atoms with Gasteiger partial charge in [0.1, 0.15) is 5.54 Å². The van der Waals surface area contributed by atoms with Gasteiger partial charge in [-0.25, -0.2) is 9.59 Å². The van der Waals surface area contributed by atoms with E-state index in [2.05, 4.69) is 16.0 Å². The van der Waals surface area contributed by atoms with Crippen molar-refractivity contribution in [2.75, 3.05) is 6.54 Å². The molecule has 0 heterocycles. The normalized spacial score (nSPS) is 14.5. The first-order valence-electron chi connectivity index (χ1n) is 7.02. The van der Waals surface area contributed by atoms with Crippen molar-refractivity contribution in [3.63, 3.8) is 0 Å². The number of rotatable bonds is 8. The van der Waals surface area contributed by atoms with Crippen molar-refractivity contribution in [1.82, 2.24) is 16.0 Å². The zero-order valence-electron chi connectivity index (χ0n) is 12.0. The van der Waals surface area contributed by atoms with Crippen LogP contribution in [-0.4, -0.2) is 41.1 Å². The van der Waals surface area contributed by atoms with Gasteiger partial charge in [-0.15, -0.1) is 0 Å². The van der Waals surface area contributed by atoms with E-state index in [4.69, 9.17) is 0 Å². The Labute approximate surface area is 118 Å². The Balaban J connectivity index is 2.30. The van der Waals surface area contributed by atoms with Gasteiger partial charge in [0, 0.05) is 19.0 Å². The number of carboxylic acid groups (broad SMARTS) is 1. The molecule has 0 aromatic heterocycles. The third kappa shape index (κ3) is 4.71. The van der Waals surface area contributed by atoms with Gasteiger partial charge >= 0.3 is 12.0 Å². The predicted octanol–water partition coefficient (Wildman–Crippen LogP) is 0.598. The molecule has 1 aliphatic carbocycles. The van der Waals surface area contributed by atoms with Crippen LogP contribution in [0.1, 0.15) is 46.0 Å². The Morgan fingerprint density at radius 2 is 1.80 bits per heavy atom. The summed E-state index contributed by atoms with van der Waals surface area (Å²) in [6.07, 6.45) is 2.84. The first-order valence-corrected chi connectivity index (χ1v) is 7.02. The SMILES string of the molecule is CCC(CC)(NC(=O)NCCC(=O)NC1CC1)C(=O)O. The number of hydrogen-bond donors (Lipinski definition) is 4. The highest BCUT2D eigenvalue weighted by molar-refractivity contribution is 5.86. The summed E-state index contributed by atoms with van der Waals surface area (Å²) in [4.78, 5) is 34.3. The highest BCUT2D eigenvalue weighted by Crippen LogP contribution is 2.18. The Kier molecular flexibility index (Phi) is 5.79. The number of hydrogen-bond acceptors (Lipinski definition) is 3. The average molecular weight is 285 g/mol. The Morgan fingerprint density at radius 1 is 1.20 bits per heavy atom. The third-order valence-electron chi connectivity index (χ3n) is 3.55. The average Bonchev–Trinajstić information content (AvgIpc) is 3.19. The molecule has 1 saturated carbocycles. The minimum atomic E-state index is -1.25. The molecule has 1 rings (SSSR count). The van der Waals surface area contributed by atoms with Crippen LogP contribution >= 0.6 is 0 Å². The lowest BCUT2D eigenvalue weighted by molar-refractivity contribution is -0.144. The molecule has 0 aromatic carbocycles. The van der Waals surface area contributed by atoms with Crippen molar-refractivity contribution in [2.24, 2.45) is 0 Å². The molecule has 1 aliphatic rings. The fraction of sp³-hybridized carbons (Fsp3) is 0.769. The summed E-state index contributed by atoms with van der Waals surface area (Å²) in [6, 6.07) is -0.258. The molecule has 3 amide bonds. The van der Waals surface area contributed by atoms with Gasteiger partial charge in [0.15, 0.2) is 0 Å². The highest BCUT2D eigenvalue weighted by atomic mass is 16.4. The molecule has 0 bridgehead atoms. The fourth-order valence-corrected chi connectivity index (χ4v) is 1.86. The van der Waals surface area contributed by atoms with E-state index in [1.807, 2.05) is 0 Å². The summed E-state index contributed by atoms with van der Waals surface area (Å²) in [5.74, 6) is -1.15. The summed E-state index contributed by atoms with van der Waals surface area (Å²) in [5, 5.41) is 17.0. The second-order valence-electron chi connectivity index (χ2n) is 5.07. The number of carboxylic acids is 1. The second-order valence-corrected chi connectivity index (χ2v) is 5.07. The molecule has 7 nitrogen and oxygen atoms in total. The lowest BCUT2D eigenvalue weighted by Crippen LogP contribution is -2.56. The summed E-state index contributed by atoms with van der Waals surface area (Å²) in [6.45, 7) is 3.61. The van der Waals surface area contributed by atoms with Gasteiger partial charge in [-0.1, -0.05) is 13.8 Å². The molecule has 0 aromatic rings. The maximum atomic E-state index is 11.7. The predicted molar refractivity (Wildman–Crippen MR) is 73.3 cm³/mol. The lowest BCUT2D eigenvalue weighted by atomic mass is 9.93. The largest absolute Gasteiger partial charge is 0.480 e. The van der Waals surface area contributed by atoms with Gasteiger partial charge in [-0.05, 0) is 25.7 Å². The van der Waals surface area contributed by atoms with E-state index in [9.17, 15) is 19.5 Å². The van der Waals surface area contributed by atoms with Crippen molar-refractivity contribution >= 4 is 17.9 Å². The first kappa shape index (κ1) is 16.3. The summed E-state index contributed by atoms with van der Waals surface area (Å²) in [5.41, 5.74) is -1.25. The van der Waals surface area contributed by atoms with Crippen molar-refractivity contribution in [2.45, 2.75) is 57.5 Å². The van der Waals surface area contributed by atoms with E-state index >= 15 is 0 Å². The monoisotopic (exact) mass is 285 g/mol. The van der Waals surface area contributed by atoms with Gasteiger partial charge in [-0.3, -0.25) is 4.79 Å². The minimum absolute atomic E-state index is 0.0942. The molecule has 20 heavy (non-hydrogen) atoms. The van der Waals surface area contributed by atoms with Crippen LogP contribution in [0.25, 0.3) is 0 Å². The van der Waals surface area contributed by atoms with Crippen LogP contribution in [0.5, 0.6) is 0 Å². The number of amides is 3. The van der Waals surface area contributed by atoms with Crippen LogP contribution in [0.15, 0.2) is 0 Å². The number of carbonyl (C=O) groups is 3. The smallest absolute Gasteiger partial charge is 0.329 e.